The molecule has 2 rings (SSSR count). The van der Waals surface area contributed by atoms with E-state index in [1.54, 1.807) is 17.7 Å². The molecule has 0 spiro atoms. The zero-order valence-corrected chi connectivity index (χ0v) is 11.7. The molecular weight excluding hydrogens is 281 g/mol. The number of benzene rings is 1. The number of thioether (sulfide) groups is 1. The molecule has 1 aromatic heterocycles. The van der Waals surface area contributed by atoms with Gasteiger partial charge in [-0.1, -0.05) is 17.8 Å². The van der Waals surface area contributed by atoms with Gasteiger partial charge in [0.05, 0.1) is 12.3 Å². The van der Waals surface area contributed by atoms with Crippen molar-refractivity contribution >= 4 is 23.4 Å². The van der Waals surface area contributed by atoms with Crippen LogP contribution in [0.1, 0.15) is 5.82 Å². The highest BCUT2D eigenvalue weighted by molar-refractivity contribution is 7.99. The van der Waals surface area contributed by atoms with Gasteiger partial charge in [-0.25, -0.2) is 4.39 Å². The normalized spacial score (nSPS) is 10.6. The first-order chi connectivity index (χ1) is 9.60. The smallest absolute Gasteiger partial charge is 0.234 e. The Hall–Kier alpha value is -1.93. The van der Waals surface area contributed by atoms with E-state index in [2.05, 4.69) is 15.5 Å². The van der Waals surface area contributed by atoms with Crippen molar-refractivity contribution in [3.63, 3.8) is 0 Å². The lowest BCUT2D eigenvalue weighted by Crippen LogP contribution is -2.14. The SMILES string of the molecule is Cn1c(CN)nnc1SCC(=O)Nc1cccc(F)c1. The van der Waals surface area contributed by atoms with E-state index in [4.69, 9.17) is 5.73 Å². The summed E-state index contributed by atoms with van der Waals surface area (Å²) in [5.41, 5.74) is 5.92. The zero-order chi connectivity index (χ0) is 14.5. The van der Waals surface area contributed by atoms with E-state index in [1.807, 2.05) is 0 Å². The van der Waals surface area contributed by atoms with Crippen molar-refractivity contribution < 1.29 is 9.18 Å². The van der Waals surface area contributed by atoms with E-state index in [-0.39, 0.29) is 11.7 Å². The number of rotatable bonds is 5. The van der Waals surface area contributed by atoms with Crippen molar-refractivity contribution in [1.29, 1.82) is 0 Å². The minimum atomic E-state index is -0.392. The van der Waals surface area contributed by atoms with Gasteiger partial charge in [0.25, 0.3) is 0 Å². The summed E-state index contributed by atoms with van der Waals surface area (Å²) in [4.78, 5) is 11.7. The number of anilines is 1. The lowest BCUT2D eigenvalue weighted by atomic mass is 10.3. The Morgan fingerprint density at radius 2 is 2.30 bits per heavy atom. The highest BCUT2D eigenvalue weighted by Gasteiger charge is 2.10. The first-order valence-corrected chi connectivity index (χ1v) is 6.85. The molecule has 0 aliphatic heterocycles. The largest absolute Gasteiger partial charge is 0.325 e. The number of carbonyl (C=O) groups excluding carboxylic acids is 1. The summed E-state index contributed by atoms with van der Waals surface area (Å²) in [7, 11) is 1.79. The Bertz CT molecular complexity index is 616. The summed E-state index contributed by atoms with van der Waals surface area (Å²) >= 11 is 1.24. The van der Waals surface area contributed by atoms with Crippen LogP contribution in [0.4, 0.5) is 10.1 Å². The van der Waals surface area contributed by atoms with E-state index in [0.29, 0.717) is 23.2 Å². The maximum atomic E-state index is 13.0. The summed E-state index contributed by atoms with van der Waals surface area (Å²) in [5, 5.41) is 11.1. The van der Waals surface area contributed by atoms with Crippen molar-refractivity contribution in [2.45, 2.75) is 11.7 Å². The molecule has 3 N–H and O–H groups in total. The average Bonchev–Trinajstić information content (AvgIpc) is 2.77. The molecule has 0 saturated carbocycles. The monoisotopic (exact) mass is 295 g/mol. The molecule has 0 aliphatic rings. The van der Waals surface area contributed by atoms with Gasteiger partial charge in [-0.3, -0.25) is 4.79 Å². The van der Waals surface area contributed by atoms with Gasteiger partial charge in [0.15, 0.2) is 5.16 Å². The van der Waals surface area contributed by atoms with Crippen LogP contribution in [-0.4, -0.2) is 26.4 Å². The molecule has 20 heavy (non-hydrogen) atoms. The number of nitrogens with zero attached hydrogens (tertiary/aromatic N) is 3. The third-order valence-corrected chi connectivity index (χ3v) is 3.57. The maximum Gasteiger partial charge on any atom is 0.234 e. The standard InChI is InChI=1S/C12H14FN5OS/c1-18-10(6-14)16-17-12(18)20-7-11(19)15-9-4-2-3-8(13)5-9/h2-5H,6-7,14H2,1H3,(H,15,19). The molecule has 0 bridgehead atoms. The van der Waals surface area contributed by atoms with E-state index >= 15 is 0 Å². The fourth-order valence-corrected chi connectivity index (χ4v) is 2.27. The number of halogens is 1. The van der Waals surface area contributed by atoms with Gasteiger partial charge in [0.1, 0.15) is 11.6 Å². The van der Waals surface area contributed by atoms with Gasteiger partial charge >= 0.3 is 0 Å². The van der Waals surface area contributed by atoms with Crippen LogP contribution < -0.4 is 11.1 Å². The lowest BCUT2D eigenvalue weighted by molar-refractivity contribution is -0.113. The van der Waals surface area contributed by atoms with Crippen LogP contribution in [0.5, 0.6) is 0 Å². The van der Waals surface area contributed by atoms with Crippen molar-refractivity contribution in [1.82, 2.24) is 14.8 Å². The average molecular weight is 295 g/mol. The molecule has 0 atom stereocenters. The molecule has 106 valence electrons. The van der Waals surface area contributed by atoms with Crippen LogP contribution in [0.2, 0.25) is 0 Å². The molecule has 6 nitrogen and oxygen atoms in total. The Morgan fingerprint density at radius 1 is 1.50 bits per heavy atom. The van der Waals surface area contributed by atoms with Crippen LogP contribution in [-0.2, 0) is 18.4 Å². The van der Waals surface area contributed by atoms with E-state index in [0.717, 1.165) is 0 Å². The zero-order valence-electron chi connectivity index (χ0n) is 10.8. The lowest BCUT2D eigenvalue weighted by Gasteiger charge is -2.05. The second-order valence-electron chi connectivity index (χ2n) is 4.01. The minimum Gasteiger partial charge on any atom is -0.325 e. The Morgan fingerprint density at radius 3 is 2.95 bits per heavy atom. The molecule has 0 fully saturated rings. The van der Waals surface area contributed by atoms with Crippen molar-refractivity contribution in [3.05, 3.63) is 35.9 Å². The van der Waals surface area contributed by atoms with Gasteiger partial charge in [-0.2, -0.15) is 0 Å². The summed E-state index contributed by atoms with van der Waals surface area (Å²) in [6.07, 6.45) is 0. The van der Waals surface area contributed by atoms with Gasteiger partial charge < -0.3 is 15.6 Å². The summed E-state index contributed by atoms with van der Waals surface area (Å²) in [5.74, 6) is 0.180. The summed E-state index contributed by atoms with van der Waals surface area (Å²) < 4.78 is 14.7. The van der Waals surface area contributed by atoms with Gasteiger partial charge in [-0.15, -0.1) is 10.2 Å². The third-order valence-electron chi connectivity index (χ3n) is 2.55. The minimum absolute atomic E-state index is 0.160. The third kappa shape index (κ3) is 3.55. The van der Waals surface area contributed by atoms with E-state index < -0.39 is 5.82 Å². The Balaban J connectivity index is 1.90. The highest BCUT2D eigenvalue weighted by Crippen LogP contribution is 2.16. The molecule has 1 heterocycles. The molecule has 8 heteroatoms. The second kappa shape index (κ2) is 6.49. The van der Waals surface area contributed by atoms with Gasteiger partial charge in [-0.05, 0) is 18.2 Å². The number of carbonyl (C=O) groups is 1. The molecule has 2 aromatic rings. The quantitative estimate of drug-likeness (QED) is 0.808. The summed E-state index contributed by atoms with van der Waals surface area (Å²) in [6, 6.07) is 5.74. The van der Waals surface area contributed by atoms with Crippen LogP contribution in [0, 0.1) is 5.82 Å². The molecule has 1 amide bonds. The number of hydrogen-bond donors (Lipinski definition) is 2. The van der Waals surface area contributed by atoms with E-state index in [1.165, 1.54) is 30.0 Å². The molecule has 0 radical (unpaired) electrons. The molecular formula is C12H14FN5OS. The first-order valence-electron chi connectivity index (χ1n) is 5.86. The predicted molar refractivity (Wildman–Crippen MR) is 74.6 cm³/mol. The van der Waals surface area contributed by atoms with Crippen molar-refractivity contribution in [3.8, 4) is 0 Å². The van der Waals surface area contributed by atoms with E-state index in [9.17, 15) is 9.18 Å². The highest BCUT2D eigenvalue weighted by atomic mass is 32.2. The molecule has 0 aliphatic carbocycles. The summed E-state index contributed by atoms with van der Waals surface area (Å²) in [6.45, 7) is 0.291. The van der Waals surface area contributed by atoms with Crippen LogP contribution in [0.25, 0.3) is 0 Å². The Kier molecular flexibility index (Phi) is 4.70. The molecule has 0 unspecified atom stereocenters. The van der Waals surface area contributed by atoms with Gasteiger partial charge in [0.2, 0.25) is 5.91 Å². The molecule has 1 aromatic carbocycles. The predicted octanol–water partition coefficient (Wildman–Crippen LogP) is 1.14. The fourth-order valence-electron chi connectivity index (χ4n) is 1.54. The molecule has 0 saturated heterocycles. The number of nitrogens with one attached hydrogen (secondary N) is 1. The van der Waals surface area contributed by atoms with Crippen LogP contribution in [0.3, 0.4) is 0 Å². The first kappa shape index (κ1) is 14.5. The number of amides is 1. The van der Waals surface area contributed by atoms with Crippen molar-refractivity contribution in [2.75, 3.05) is 11.1 Å². The second-order valence-corrected chi connectivity index (χ2v) is 4.95. The van der Waals surface area contributed by atoms with Crippen LogP contribution in [0.15, 0.2) is 29.4 Å². The number of nitrogens with two attached hydrogens (primary N) is 1. The maximum absolute atomic E-state index is 13.0. The van der Waals surface area contributed by atoms with Gasteiger partial charge in [0, 0.05) is 12.7 Å². The number of hydrogen-bond acceptors (Lipinski definition) is 5. The Labute approximate surface area is 119 Å². The van der Waals surface area contributed by atoms with Crippen LogP contribution >= 0.6 is 11.8 Å². The topological polar surface area (TPSA) is 85.8 Å². The number of aromatic nitrogens is 3. The fraction of sp³-hybridized carbons (Fsp3) is 0.250. The van der Waals surface area contributed by atoms with Crippen molar-refractivity contribution in [2.24, 2.45) is 12.8 Å².